The topological polar surface area (TPSA) is 97.1 Å². The molecule has 3 aromatic rings. The first kappa shape index (κ1) is 14.3. The third-order valence-electron chi connectivity index (χ3n) is 5.02. The van der Waals surface area contributed by atoms with E-state index in [4.69, 9.17) is 14.3 Å². The zero-order chi connectivity index (χ0) is 28.5. The van der Waals surface area contributed by atoms with Crippen molar-refractivity contribution in [2.75, 3.05) is 23.8 Å². The highest BCUT2D eigenvalue weighted by atomic mass is 19.1. The van der Waals surface area contributed by atoms with Crippen LogP contribution in [0, 0.1) is 17.5 Å². The Morgan fingerprint density at radius 3 is 2.72 bits per heavy atom. The number of nitrogens with zero attached hydrogens (tertiary/aromatic N) is 4. The fourth-order valence-corrected chi connectivity index (χ4v) is 3.52. The van der Waals surface area contributed by atoms with Crippen molar-refractivity contribution < 1.29 is 32.6 Å². The number of fused-ring (bicyclic) bond motifs is 1. The molecule has 32 heavy (non-hydrogen) atoms. The first-order valence-electron chi connectivity index (χ1n) is 13.3. The number of anilines is 3. The second kappa shape index (κ2) is 8.55. The third-order valence-corrected chi connectivity index (χ3v) is 5.02. The van der Waals surface area contributed by atoms with Crippen LogP contribution in [0.25, 0.3) is 11.2 Å². The highest BCUT2D eigenvalue weighted by molar-refractivity contribution is 5.76. The van der Waals surface area contributed by atoms with Gasteiger partial charge in [-0.15, -0.1) is 0 Å². The van der Waals surface area contributed by atoms with Crippen molar-refractivity contribution in [1.82, 2.24) is 19.5 Å². The molecular formula is C21H23F3N6O2. The Balaban J connectivity index is 1.60. The summed E-state index contributed by atoms with van der Waals surface area (Å²) in [5, 5.41) is 14.9. The van der Waals surface area contributed by atoms with Gasteiger partial charge in [-0.05, 0) is 32.0 Å². The molecule has 1 aliphatic carbocycles. The Labute approximate surface area is 191 Å². The highest BCUT2D eigenvalue weighted by Crippen LogP contribution is 2.32. The quantitative estimate of drug-likeness (QED) is 0.540. The SMILES string of the molecule is [2H]C1([2H])CC(O)C([2H])([2H])C([2H])([2H])C1([2H])Nc1ncc2nc(Nc3c(F)cc(F)cc3F)n(C3CCOC3)c2n1. The van der Waals surface area contributed by atoms with Crippen molar-refractivity contribution in [2.24, 2.45) is 0 Å². The lowest BCUT2D eigenvalue weighted by molar-refractivity contribution is 0.126. The minimum Gasteiger partial charge on any atom is -0.393 e. The van der Waals surface area contributed by atoms with E-state index in [2.05, 4.69) is 25.6 Å². The van der Waals surface area contributed by atoms with E-state index in [1.807, 2.05) is 0 Å². The van der Waals surface area contributed by atoms with Crippen molar-refractivity contribution in [2.45, 2.75) is 50.1 Å². The van der Waals surface area contributed by atoms with E-state index in [9.17, 15) is 18.3 Å². The molecule has 2 fully saturated rings. The summed E-state index contributed by atoms with van der Waals surface area (Å²) in [5.74, 6) is -4.09. The van der Waals surface area contributed by atoms with Crippen LogP contribution >= 0.6 is 0 Å². The van der Waals surface area contributed by atoms with Crippen molar-refractivity contribution in [3.8, 4) is 0 Å². The van der Waals surface area contributed by atoms with Crippen LogP contribution in [0.4, 0.5) is 30.8 Å². The van der Waals surface area contributed by atoms with Gasteiger partial charge < -0.3 is 20.5 Å². The summed E-state index contributed by atoms with van der Waals surface area (Å²) in [6.07, 6.45) is -10.3. The summed E-state index contributed by atoms with van der Waals surface area (Å²) in [4.78, 5) is 12.5. The van der Waals surface area contributed by atoms with Gasteiger partial charge in [-0.25, -0.2) is 23.1 Å². The van der Waals surface area contributed by atoms with Crippen LogP contribution < -0.4 is 10.6 Å². The van der Waals surface area contributed by atoms with E-state index >= 15 is 0 Å². The van der Waals surface area contributed by atoms with Gasteiger partial charge in [0.1, 0.15) is 17.0 Å². The van der Waals surface area contributed by atoms with E-state index in [1.54, 1.807) is 0 Å². The molecule has 170 valence electrons. The van der Waals surface area contributed by atoms with Gasteiger partial charge in [-0.1, -0.05) is 0 Å². The van der Waals surface area contributed by atoms with Gasteiger partial charge in [0.25, 0.3) is 0 Å². The van der Waals surface area contributed by atoms with Crippen LogP contribution in [0.15, 0.2) is 18.3 Å². The van der Waals surface area contributed by atoms with Gasteiger partial charge in [-0.3, -0.25) is 4.57 Å². The predicted molar refractivity (Wildman–Crippen MR) is 111 cm³/mol. The Morgan fingerprint density at radius 1 is 1.16 bits per heavy atom. The molecule has 5 rings (SSSR count). The smallest absolute Gasteiger partial charge is 0.224 e. The molecule has 11 heteroatoms. The van der Waals surface area contributed by atoms with Gasteiger partial charge in [0.15, 0.2) is 17.3 Å². The molecule has 0 radical (unpaired) electrons. The van der Waals surface area contributed by atoms with Crippen LogP contribution in [0.5, 0.6) is 0 Å². The lowest BCUT2D eigenvalue weighted by atomic mass is 9.93. The molecule has 3 heterocycles. The number of nitrogens with one attached hydrogen (secondary N) is 2. The Kier molecular flexibility index (Phi) is 3.81. The molecule has 3 unspecified atom stereocenters. The molecule has 3 atom stereocenters. The van der Waals surface area contributed by atoms with E-state index in [0.29, 0.717) is 25.2 Å². The van der Waals surface area contributed by atoms with Gasteiger partial charge in [0.2, 0.25) is 11.9 Å². The van der Waals surface area contributed by atoms with Crippen LogP contribution in [0.1, 0.15) is 47.6 Å². The maximum atomic E-state index is 14.4. The fourth-order valence-electron chi connectivity index (χ4n) is 3.52. The Morgan fingerprint density at radius 2 is 1.97 bits per heavy atom. The number of imidazole rings is 1. The van der Waals surface area contributed by atoms with Gasteiger partial charge in [-0.2, -0.15) is 4.98 Å². The number of hydrogen-bond acceptors (Lipinski definition) is 7. The van der Waals surface area contributed by atoms with E-state index in [-0.39, 0.29) is 23.7 Å². The van der Waals surface area contributed by atoms with Gasteiger partial charge in [0.05, 0.1) is 26.3 Å². The summed E-state index contributed by atoms with van der Waals surface area (Å²) in [7, 11) is 0. The van der Waals surface area contributed by atoms with Crippen molar-refractivity contribution in [3.63, 3.8) is 0 Å². The van der Waals surface area contributed by atoms with E-state index in [1.165, 1.54) is 4.57 Å². The van der Waals surface area contributed by atoms with Crippen LogP contribution in [-0.2, 0) is 4.74 Å². The van der Waals surface area contributed by atoms with Gasteiger partial charge in [0, 0.05) is 33.0 Å². The summed E-state index contributed by atoms with van der Waals surface area (Å²) >= 11 is 0. The summed E-state index contributed by atoms with van der Waals surface area (Å²) in [6.45, 7) is 0.528. The number of hydrogen-bond donors (Lipinski definition) is 3. The number of aliphatic hydroxyl groups excluding tert-OH is 1. The number of benzene rings is 1. The summed E-state index contributed by atoms with van der Waals surface area (Å²) in [5.41, 5.74) is -0.512. The zero-order valence-electron chi connectivity index (χ0n) is 23.5. The monoisotopic (exact) mass is 455 g/mol. The Bertz CT molecular complexity index is 1420. The summed E-state index contributed by atoms with van der Waals surface area (Å²) < 4.78 is 107. The third kappa shape index (κ3) is 4.09. The molecule has 2 aliphatic rings. The number of rotatable bonds is 5. The van der Waals surface area contributed by atoms with E-state index < -0.39 is 72.8 Å². The first-order valence-corrected chi connectivity index (χ1v) is 9.79. The maximum Gasteiger partial charge on any atom is 0.224 e. The second-order valence-electron chi connectivity index (χ2n) is 7.26. The molecule has 0 bridgehead atoms. The molecule has 0 spiro atoms. The molecule has 1 aliphatic heterocycles. The lowest BCUT2D eigenvalue weighted by Gasteiger charge is -2.26. The maximum absolute atomic E-state index is 14.4. The minimum atomic E-state index is -3.26. The molecule has 3 N–H and O–H groups in total. The number of ether oxygens (including phenoxy) is 1. The van der Waals surface area contributed by atoms with Crippen LogP contribution in [0.3, 0.4) is 0 Å². The minimum absolute atomic E-state index is 0.0528. The van der Waals surface area contributed by atoms with E-state index in [0.717, 1.165) is 6.20 Å². The van der Waals surface area contributed by atoms with Crippen LogP contribution in [-0.4, -0.2) is 50.0 Å². The Hall–Kier alpha value is -2.92. The second-order valence-corrected chi connectivity index (χ2v) is 7.26. The molecule has 1 saturated carbocycles. The zero-order valence-corrected chi connectivity index (χ0v) is 16.5. The first-order chi connectivity index (χ1) is 18.1. The predicted octanol–water partition coefficient (Wildman–Crippen LogP) is 3.66. The molecule has 1 saturated heterocycles. The van der Waals surface area contributed by atoms with Crippen molar-refractivity contribution >= 4 is 28.7 Å². The summed E-state index contributed by atoms with van der Waals surface area (Å²) in [6, 6.07) is -2.43. The largest absolute Gasteiger partial charge is 0.393 e. The normalized spacial score (nSPS) is 33.8. The molecule has 8 nitrogen and oxygen atoms in total. The lowest BCUT2D eigenvalue weighted by Crippen LogP contribution is -2.29. The standard InChI is InChI=1S/C21H23F3N6O2/c22-11-7-15(23)18(16(24)8-11)28-21-27-17-9-25-20(26-12-1-3-14(31)4-2-12)29-19(17)30(21)13-5-6-32-10-13/h7-9,12-14,31H,1-6,10H2,(H,27,28)(H,25,26,29)/i1D2,2D2,3D2,12D. The molecule has 0 amide bonds. The average molecular weight is 455 g/mol. The number of aliphatic hydroxyl groups is 1. The molecule has 2 aromatic heterocycles. The number of halogens is 3. The average Bonchev–Trinajstić information content (AvgIpc) is 3.47. The molecular weight excluding hydrogens is 425 g/mol. The fraction of sp³-hybridized carbons (Fsp3) is 0.476. The van der Waals surface area contributed by atoms with Crippen molar-refractivity contribution in [3.05, 3.63) is 35.8 Å². The van der Waals surface area contributed by atoms with Crippen LogP contribution in [0.2, 0.25) is 0 Å². The van der Waals surface area contributed by atoms with Crippen molar-refractivity contribution in [1.29, 1.82) is 0 Å². The molecule has 1 aromatic carbocycles. The highest BCUT2D eigenvalue weighted by Gasteiger charge is 2.27. The number of aromatic nitrogens is 4. The van der Waals surface area contributed by atoms with Gasteiger partial charge >= 0.3 is 0 Å².